The van der Waals surface area contributed by atoms with E-state index in [2.05, 4.69) is 34.0 Å². The second-order valence-corrected chi connectivity index (χ2v) is 8.50. The Morgan fingerprint density at radius 1 is 1.24 bits per heavy atom. The minimum absolute atomic E-state index is 0.00817. The highest BCUT2D eigenvalue weighted by Crippen LogP contribution is 2.25. The fraction of sp³-hybridized carbons (Fsp3) is 0.542. The van der Waals surface area contributed by atoms with Crippen LogP contribution in [0.2, 0.25) is 0 Å². The number of carbonyl (C=O) groups is 1. The lowest BCUT2D eigenvalue weighted by molar-refractivity contribution is 0.0614. The van der Waals surface area contributed by atoms with Crippen molar-refractivity contribution in [1.82, 2.24) is 19.8 Å². The number of nitrogens with zero attached hydrogens (tertiary/aromatic N) is 4. The van der Waals surface area contributed by atoms with Gasteiger partial charge in [0, 0.05) is 62.4 Å². The predicted molar refractivity (Wildman–Crippen MR) is 130 cm³/mol. The first-order valence-electron chi connectivity index (χ1n) is 11.6. The van der Waals surface area contributed by atoms with Gasteiger partial charge in [-0.3, -0.25) is 9.69 Å². The van der Waals surface area contributed by atoms with Crippen LogP contribution in [0.1, 0.15) is 48.3 Å². The number of aliphatic hydroxyl groups is 1. The molecule has 1 amide bonds. The maximum Gasteiger partial charge on any atom is 0.254 e. The van der Waals surface area contributed by atoms with Gasteiger partial charge in [-0.05, 0) is 25.5 Å². The summed E-state index contributed by atoms with van der Waals surface area (Å²) in [5.74, 6) is 1.58. The van der Waals surface area contributed by atoms with Gasteiger partial charge in [0.2, 0.25) is 5.95 Å². The summed E-state index contributed by atoms with van der Waals surface area (Å²) in [5, 5.41) is 12.5. The molecule has 3 rings (SSSR count). The van der Waals surface area contributed by atoms with E-state index in [1.165, 1.54) is 0 Å². The summed E-state index contributed by atoms with van der Waals surface area (Å²) in [6.07, 6.45) is 2.64. The van der Waals surface area contributed by atoms with E-state index in [4.69, 9.17) is 15.6 Å². The summed E-state index contributed by atoms with van der Waals surface area (Å²) in [7, 11) is 1.61. The van der Waals surface area contributed by atoms with E-state index in [-0.39, 0.29) is 18.5 Å². The maximum atomic E-state index is 13.0. The molecule has 2 heterocycles. The largest absolute Gasteiger partial charge is 0.496 e. The molecule has 9 heteroatoms. The number of carbonyl (C=O) groups excluding carboxylic acids is 1. The zero-order valence-electron chi connectivity index (χ0n) is 19.9. The van der Waals surface area contributed by atoms with Gasteiger partial charge >= 0.3 is 0 Å². The van der Waals surface area contributed by atoms with Crippen molar-refractivity contribution in [2.45, 2.75) is 39.2 Å². The fourth-order valence-corrected chi connectivity index (χ4v) is 4.16. The number of hydrogen-bond acceptors (Lipinski definition) is 8. The predicted octanol–water partition coefficient (Wildman–Crippen LogP) is 2.01. The van der Waals surface area contributed by atoms with Crippen molar-refractivity contribution < 1.29 is 14.6 Å². The molecule has 0 aliphatic carbocycles. The second-order valence-electron chi connectivity index (χ2n) is 8.50. The van der Waals surface area contributed by atoms with Crippen LogP contribution in [0.3, 0.4) is 0 Å². The number of nitrogen functional groups attached to an aromatic ring is 1. The molecule has 1 atom stereocenters. The summed E-state index contributed by atoms with van der Waals surface area (Å²) >= 11 is 0. The lowest BCUT2D eigenvalue weighted by Gasteiger charge is -2.34. The molecule has 1 fully saturated rings. The molecule has 180 valence electrons. The Balaban J connectivity index is 1.71. The van der Waals surface area contributed by atoms with Gasteiger partial charge in [0.15, 0.2) is 0 Å². The normalized spacial score (nSPS) is 15.3. The van der Waals surface area contributed by atoms with Crippen LogP contribution >= 0.6 is 0 Å². The van der Waals surface area contributed by atoms with Crippen LogP contribution in [-0.4, -0.2) is 83.3 Å². The van der Waals surface area contributed by atoms with Crippen molar-refractivity contribution in [2.75, 3.05) is 57.5 Å². The van der Waals surface area contributed by atoms with E-state index in [0.29, 0.717) is 49.2 Å². The van der Waals surface area contributed by atoms with Crippen LogP contribution in [0, 0.1) is 0 Å². The van der Waals surface area contributed by atoms with Gasteiger partial charge in [0.25, 0.3) is 5.91 Å². The Morgan fingerprint density at radius 3 is 2.67 bits per heavy atom. The monoisotopic (exact) mass is 456 g/mol. The molecule has 4 N–H and O–H groups in total. The molecule has 1 aromatic carbocycles. The standard InChI is InChI=1S/C24H36N6O3/c1-4-5-17(2)26-22-16-20(27-24(25)28-22)14-18-6-7-19(15-21(18)33-3)23(32)30-10-8-29(9-11-30)12-13-31/h6-7,15-17,31H,4-5,8-14H2,1-3H3,(H3,25,26,27,28)/t17-/m1/s1. The number of anilines is 2. The summed E-state index contributed by atoms with van der Waals surface area (Å²) in [6.45, 7) is 7.88. The SMILES string of the molecule is CCC[C@@H](C)Nc1cc(Cc2ccc(C(=O)N3CCN(CCO)CC3)cc2OC)nc(N)n1. The van der Waals surface area contributed by atoms with E-state index in [1.807, 2.05) is 23.1 Å². The number of ether oxygens (including phenoxy) is 1. The number of hydrogen-bond donors (Lipinski definition) is 3. The topological polar surface area (TPSA) is 117 Å². The van der Waals surface area contributed by atoms with Gasteiger partial charge in [-0.25, -0.2) is 4.98 Å². The Bertz CT molecular complexity index is 930. The molecule has 1 aliphatic rings. The number of nitrogens with one attached hydrogen (secondary N) is 1. The smallest absolute Gasteiger partial charge is 0.254 e. The minimum atomic E-state index is -0.00817. The number of benzene rings is 1. The van der Waals surface area contributed by atoms with Crippen molar-refractivity contribution >= 4 is 17.7 Å². The van der Waals surface area contributed by atoms with Gasteiger partial charge < -0.3 is 25.8 Å². The third-order valence-electron chi connectivity index (χ3n) is 5.89. The number of methoxy groups -OCH3 is 1. The maximum absolute atomic E-state index is 13.0. The number of aliphatic hydroxyl groups excluding tert-OH is 1. The number of rotatable bonds is 10. The third-order valence-corrected chi connectivity index (χ3v) is 5.89. The molecule has 9 nitrogen and oxygen atoms in total. The summed E-state index contributed by atoms with van der Waals surface area (Å²) < 4.78 is 5.60. The van der Waals surface area contributed by atoms with Gasteiger partial charge in [0.1, 0.15) is 11.6 Å². The number of amides is 1. The molecule has 0 saturated carbocycles. The lowest BCUT2D eigenvalue weighted by Crippen LogP contribution is -2.49. The molecule has 0 unspecified atom stereocenters. The van der Waals surface area contributed by atoms with Gasteiger partial charge in [-0.2, -0.15) is 4.98 Å². The first kappa shape index (κ1) is 24.7. The molecule has 2 aromatic rings. The van der Waals surface area contributed by atoms with Crippen LogP contribution in [0.5, 0.6) is 5.75 Å². The van der Waals surface area contributed by atoms with E-state index in [9.17, 15) is 4.79 Å². The fourth-order valence-electron chi connectivity index (χ4n) is 4.16. The number of β-amino-alcohol motifs (C(OH)–C–C–N with tert-alkyl or cyclic N) is 1. The Hall–Kier alpha value is -2.91. The molecule has 0 spiro atoms. The quantitative estimate of drug-likeness (QED) is 0.497. The van der Waals surface area contributed by atoms with Gasteiger partial charge in [-0.1, -0.05) is 19.4 Å². The number of piperazine rings is 1. The van der Waals surface area contributed by atoms with Crippen LogP contribution in [0.15, 0.2) is 24.3 Å². The Kier molecular flexibility index (Phi) is 8.85. The van der Waals surface area contributed by atoms with Crippen molar-refractivity contribution in [3.05, 3.63) is 41.1 Å². The zero-order valence-corrected chi connectivity index (χ0v) is 19.9. The molecule has 1 aromatic heterocycles. The Labute approximate surface area is 196 Å². The summed E-state index contributed by atoms with van der Waals surface area (Å²) in [5.41, 5.74) is 8.26. The van der Waals surface area contributed by atoms with E-state index in [0.717, 1.165) is 37.2 Å². The molecule has 33 heavy (non-hydrogen) atoms. The first-order valence-corrected chi connectivity index (χ1v) is 11.6. The van der Waals surface area contributed by atoms with E-state index >= 15 is 0 Å². The first-order chi connectivity index (χ1) is 15.9. The summed E-state index contributed by atoms with van der Waals surface area (Å²) in [6, 6.07) is 7.76. The van der Waals surface area contributed by atoms with Gasteiger partial charge in [-0.15, -0.1) is 0 Å². The Morgan fingerprint density at radius 2 is 2.00 bits per heavy atom. The third kappa shape index (κ3) is 6.79. The molecule has 0 bridgehead atoms. The molecule has 0 radical (unpaired) electrons. The zero-order chi connectivity index (χ0) is 23.8. The average Bonchev–Trinajstić information content (AvgIpc) is 2.79. The molecule has 1 aliphatic heterocycles. The average molecular weight is 457 g/mol. The van der Waals surface area contributed by atoms with Crippen LogP contribution < -0.4 is 15.8 Å². The lowest BCUT2D eigenvalue weighted by atomic mass is 10.0. The van der Waals surface area contributed by atoms with Gasteiger partial charge in [0.05, 0.1) is 19.4 Å². The van der Waals surface area contributed by atoms with Crippen molar-refractivity contribution in [2.24, 2.45) is 0 Å². The molecular weight excluding hydrogens is 420 g/mol. The number of aromatic nitrogens is 2. The number of nitrogens with two attached hydrogens (primary N) is 1. The summed E-state index contributed by atoms with van der Waals surface area (Å²) in [4.78, 5) is 25.7. The molecule has 1 saturated heterocycles. The van der Waals surface area contributed by atoms with E-state index < -0.39 is 0 Å². The second kappa shape index (κ2) is 11.8. The highest BCUT2D eigenvalue weighted by atomic mass is 16.5. The van der Waals surface area contributed by atoms with Crippen molar-refractivity contribution in [3.63, 3.8) is 0 Å². The highest BCUT2D eigenvalue weighted by Gasteiger charge is 2.22. The minimum Gasteiger partial charge on any atom is -0.496 e. The van der Waals surface area contributed by atoms with Crippen LogP contribution in [0.25, 0.3) is 0 Å². The van der Waals surface area contributed by atoms with E-state index in [1.54, 1.807) is 13.2 Å². The van der Waals surface area contributed by atoms with Crippen LogP contribution in [-0.2, 0) is 6.42 Å². The van der Waals surface area contributed by atoms with Crippen molar-refractivity contribution in [3.8, 4) is 5.75 Å². The highest BCUT2D eigenvalue weighted by molar-refractivity contribution is 5.94. The van der Waals surface area contributed by atoms with Crippen LogP contribution in [0.4, 0.5) is 11.8 Å². The molecular formula is C24H36N6O3. The van der Waals surface area contributed by atoms with Crippen molar-refractivity contribution in [1.29, 1.82) is 0 Å².